The van der Waals surface area contributed by atoms with Crippen molar-refractivity contribution in [1.29, 1.82) is 0 Å². The van der Waals surface area contributed by atoms with E-state index >= 15 is 0 Å². The summed E-state index contributed by atoms with van der Waals surface area (Å²) in [6.07, 6.45) is 5.24. The van der Waals surface area contributed by atoms with Crippen LogP contribution in [0.2, 0.25) is 0 Å². The van der Waals surface area contributed by atoms with E-state index in [1.54, 1.807) is 0 Å². The first-order valence-corrected chi connectivity index (χ1v) is 8.92. The van der Waals surface area contributed by atoms with Crippen molar-refractivity contribution in [2.45, 2.75) is 66.1 Å². The molecule has 1 heterocycles. The zero-order valence-electron chi connectivity index (χ0n) is 13.9. The summed E-state index contributed by atoms with van der Waals surface area (Å²) < 4.78 is 9.48. The maximum atomic E-state index is 6.39. The van der Waals surface area contributed by atoms with Gasteiger partial charge in [-0.15, -0.1) is 0 Å². The van der Waals surface area contributed by atoms with Crippen LogP contribution < -0.4 is 0 Å². The van der Waals surface area contributed by atoms with Crippen LogP contribution >= 0.6 is 15.9 Å². The van der Waals surface area contributed by atoms with Gasteiger partial charge < -0.3 is 4.74 Å². The van der Waals surface area contributed by atoms with Crippen molar-refractivity contribution in [2.24, 2.45) is 23.8 Å². The quantitative estimate of drug-likeness (QED) is 0.796. The van der Waals surface area contributed by atoms with Gasteiger partial charge in [0.2, 0.25) is 0 Å². The Kier molecular flexibility index (Phi) is 3.77. The molecular weight excluding hydrogens is 328 g/mol. The van der Waals surface area contributed by atoms with Gasteiger partial charge in [0.25, 0.3) is 0 Å². The molecule has 2 aliphatic carbocycles. The van der Waals surface area contributed by atoms with Crippen LogP contribution in [0, 0.1) is 16.7 Å². The molecule has 4 heteroatoms. The molecule has 1 aromatic rings. The van der Waals surface area contributed by atoms with Crippen molar-refractivity contribution in [2.75, 3.05) is 0 Å². The number of rotatable bonds is 4. The van der Waals surface area contributed by atoms with Crippen molar-refractivity contribution in [1.82, 2.24) is 9.78 Å². The van der Waals surface area contributed by atoms with Gasteiger partial charge in [-0.25, -0.2) is 0 Å². The molecule has 2 saturated carbocycles. The second kappa shape index (κ2) is 5.09. The Balaban J connectivity index is 1.74. The van der Waals surface area contributed by atoms with Gasteiger partial charge in [0.05, 0.1) is 28.6 Å². The summed E-state index contributed by atoms with van der Waals surface area (Å²) in [6, 6.07) is 0. The van der Waals surface area contributed by atoms with Crippen molar-refractivity contribution in [3.63, 3.8) is 0 Å². The van der Waals surface area contributed by atoms with E-state index in [2.05, 4.69) is 48.7 Å². The molecule has 3 rings (SSSR count). The molecule has 2 aliphatic rings. The zero-order chi connectivity index (χ0) is 15.4. The average Bonchev–Trinajstić information content (AvgIpc) is 2.90. The van der Waals surface area contributed by atoms with Crippen LogP contribution in [0.25, 0.3) is 0 Å². The first-order valence-electron chi connectivity index (χ1n) is 8.13. The second-order valence-electron chi connectivity index (χ2n) is 7.59. The first kappa shape index (κ1) is 15.5. The van der Waals surface area contributed by atoms with Crippen LogP contribution in [0.15, 0.2) is 4.47 Å². The Bertz CT molecular complexity index is 551. The van der Waals surface area contributed by atoms with Crippen LogP contribution in [0.4, 0.5) is 0 Å². The smallest absolute Gasteiger partial charge is 0.0900 e. The normalized spacial score (nSPS) is 33.8. The molecule has 0 amide bonds. The fourth-order valence-corrected chi connectivity index (χ4v) is 5.27. The summed E-state index contributed by atoms with van der Waals surface area (Å²) in [6.45, 7) is 10.1. The lowest BCUT2D eigenvalue weighted by molar-refractivity contribution is -0.0569. The van der Waals surface area contributed by atoms with Gasteiger partial charge >= 0.3 is 0 Å². The molecule has 0 saturated heterocycles. The Morgan fingerprint density at radius 2 is 2.10 bits per heavy atom. The minimum absolute atomic E-state index is 0.330. The summed E-state index contributed by atoms with van der Waals surface area (Å²) in [5, 5.41) is 4.56. The third-order valence-corrected chi connectivity index (χ3v) is 7.55. The average molecular weight is 355 g/mol. The molecule has 0 radical (unpaired) electrons. The minimum atomic E-state index is 0.330. The van der Waals surface area contributed by atoms with E-state index in [1.807, 2.05) is 11.7 Å². The number of fused-ring (bicyclic) bond motifs is 2. The van der Waals surface area contributed by atoms with Gasteiger partial charge in [0, 0.05) is 7.05 Å². The molecular formula is C17H27BrN2O. The topological polar surface area (TPSA) is 27.1 Å². The van der Waals surface area contributed by atoms with E-state index in [9.17, 15) is 0 Å². The lowest BCUT2D eigenvalue weighted by Crippen LogP contribution is -2.37. The molecule has 21 heavy (non-hydrogen) atoms. The largest absolute Gasteiger partial charge is 0.371 e. The predicted octanol–water partition coefficient (Wildman–Crippen LogP) is 4.48. The van der Waals surface area contributed by atoms with E-state index < -0.39 is 0 Å². The lowest BCUT2D eigenvalue weighted by atomic mass is 9.70. The molecule has 0 aliphatic heterocycles. The fraction of sp³-hybridized carbons (Fsp3) is 0.824. The highest BCUT2D eigenvalue weighted by Gasteiger charge is 2.61. The summed E-state index contributed by atoms with van der Waals surface area (Å²) in [7, 11) is 2.01. The Morgan fingerprint density at radius 1 is 1.38 bits per heavy atom. The monoisotopic (exact) mass is 354 g/mol. The summed E-state index contributed by atoms with van der Waals surface area (Å²) in [5.41, 5.74) is 3.03. The van der Waals surface area contributed by atoms with Crippen LogP contribution in [0.3, 0.4) is 0 Å². The highest BCUT2D eigenvalue weighted by Crippen LogP contribution is 2.66. The molecule has 0 aromatic carbocycles. The first-order chi connectivity index (χ1) is 9.81. The van der Waals surface area contributed by atoms with E-state index in [0.717, 1.165) is 28.2 Å². The number of aryl methyl sites for hydroxylation is 2. The van der Waals surface area contributed by atoms with E-state index in [1.165, 1.54) is 19.3 Å². The number of ether oxygens (including phenoxy) is 1. The molecule has 2 fully saturated rings. The predicted molar refractivity (Wildman–Crippen MR) is 88.1 cm³/mol. The minimum Gasteiger partial charge on any atom is -0.371 e. The number of aromatic nitrogens is 2. The molecule has 3 unspecified atom stereocenters. The zero-order valence-corrected chi connectivity index (χ0v) is 15.5. The third-order valence-electron chi connectivity index (χ3n) is 6.64. The number of halogens is 1. The van der Waals surface area contributed by atoms with Crippen LogP contribution in [-0.4, -0.2) is 15.9 Å². The van der Waals surface area contributed by atoms with Crippen LogP contribution in [0.5, 0.6) is 0 Å². The number of hydrogen-bond acceptors (Lipinski definition) is 2. The SMILES string of the molecule is CCc1nn(C)c(COC2CC3CCC2(C)C3(C)C)c1Br. The molecule has 0 N–H and O–H groups in total. The highest BCUT2D eigenvalue weighted by molar-refractivity contribution is 9.10. The summed E-state index contributed by atoms with van der Waals surface area (Å²) in [5.74, 6) is 0.827. The molecule has 3 nitrogen and oxygen atoms in total. The highest BCUT2D eigenvalue weighted by atomic mass is 79.9. The van der Waals surface area contributed by atoms with Gasteiger partial charge in [-0.1, -0.05) is 27.7 Å². The second-order valence-corrected chi connectivity index (χ2v) is 8.39. The van der Waals surface area contributed by atoms with Gasteiger partial charge in [0.1, 0.15) is 0 Å². The Labute approximate surface area is 136 Å². The van der Waals surface area contributed by atoms with Gasteiger partial charge in [-0.05, 0) is 58.4 Å². The van der Waals surface area contributed by atoms with Crippen molar-refractivity contribution < 1.29 is 4.74 Å². The van der Waals surface area contributed by atoms with Crippen LogP contribution in [0.1, 0.15) is 58.3 Å². The van der Waals surface area contributed by atoms with Crippen LogP contribution in [-0.2, 0) is 24.8 Å². The Morgan fingerprint density at radius 3 is 2.57 bits per heavy atom. The fourth-order valence-electron chi connectivity index (χ4n) is 4.54. The molecule has 118 valence electrons. The summed E-state index contributed by atoms with van der Waals surface area (Å²) >= 11 is 3.69. The van der Waals surface area contributed by atoms with E-state index in [4.69, 9.17) is 4.74 Å². The molecule has 3 atom stereocenters. The standard InChI is InChI=1S/C17H27BrN2O/c1-6-12-15(18)13(20(5)19-12)10-21-14-9-11-7-8-17(14,4)16(11,2)3/h11,14H,6-10H2,1-5H3. The number of hydrogen-bond donors (Lipinski definition) is 0. The van der Waals surface area contributed by atoms with E-state index in [0.29, 0.717) is 23.5 Å². The summed E-state index contributed by atoms with van der Waals surface area (Å²) in [4.78, 5) is 0. The number of nitrogens with zero attached hydrogens (tertiary/aromatic N) is 2. The Hall–Kier alpha value is -0.350. The third kappa shape index (κ3) is 2.13. The molecule has 1 aromatic heterocycles. The van der Waals surface area contributed by atoms with Crippen molar-refractivity contribution in [3.05, 3.63) is 15.9 Å². The lowest BCUT2D eigenvalue weighted by Gasteiger charge is -2.38. The van der Waals surface area contributed by atoms with Gasteiger partial charge in [-0.3, -0.25) is 4.68 Å². The van der Waals surface area contributed by atoms with Gasteiger partial charge in [-0.2, -0.15) is 5.10 Å². The van der Waals surface area contributed by atoms with Crippen molar-refractivity contribution >= 4 is 15.9 Å². The van der Waals surface area contributed by atoms with Crippen molar-refractivity contribution in [3.8, 4) is 0 Å². The molecule has 2 bridgehead atoms. The van der Waals surface area contributed by atoms with E-state index in [-0.39, 0.29) is 0 Å². The maximum absolute atomic E-state index is 6.39. The maximum Gasteiger partial charge on any atom is 0.0900 e. The van der Waals surface area contributed by atoms with Gasteiger partial charge in [0.15, 0.2) is 0 Å². The molecule has 0 spiro atoms.